The smallest absolute Gasteiger partial charge is 0.0702 e. The average Bonchev–Trinajstić information content (AvgIpc) is 2.23. The van der Waals surface area contributed by atoms with Crippen LogP contribution in [-0.2, 0) is 0 Å². The number of aryl methyl sites for hydroxylation is 2. The van der Waals surface area contributed by atoms with Crippen LogP contribution in [0.3, 0.4) is 0 Å². The third kappa shape index (κ3) is 1.67. The maximum absolute atomic E-state index is 4.32. The van der Waals surface area contributed by atoms with Crippen LogP contribution < -0.4 is 0 Å². The van der Waals surface area contributed by atoms with Gasteiger partial charge < -0.3 is 0 Å². The molecule has 14 heavy (non-hydrogen) atoms. The van der Waals surface area contributed by atoms with Gasteiger partial charge in [-0.2, -0.15) is 0 Å². The van der Waals surface area contributed by atoms with Crippen molar-refractivity contribution in [3.63, 3.8) is 0 Å². The highest BCUT2D eigenvalue weighted by atomic mass is 14.7. The molecule has 0 saturated carbocycles. The first-order valence-corrected chi connectivity index (χ1v) is 4.76. The first-order valence-electron chi connectivity index (χ1n) is 4.76. The molecule has 0 N–H and O–H groups in total. The lowest BCUT2D eigenvalue weighted by Gasteiger charge is -2.03. The van der Waals surface area contributed by atoms with E-state index in [1.807, 2.05) is 24.4 Å². The molecule has 0 saturated heterocycles. The van der Waals surface area contributed by atoms with E-state index in [4.69, 9.17) is 0 Å². The number of rotatable bonds is 1. The van der Waals surface area contributed by atoms with Crippen LogP contribution in [0.5, 0.6) is 0 Å². The van der Waals surface area contributed by atoms with E-state index < -0.39 is 0 Å². The van der Waals surface area contributed by atoms with E-state index in [0.29, 0.717) is 0 Å². The van der Waals surface area contributed by atoms with Gasteiger partial charge in [0.05, 0.1) is 5.69 Å². The number of aromatic nitrogens is 1. The van der Waals surface area contributed by atoms with Crippen molar-refractivity contribution in [3.8, 4) is 11.3 Å². The Bertz CT molecular complexity index is 432. The second-order valence-electron chi connectivity index (χ2n) is 3.51. The molecule has 0 atom stereocenters. The van der Waals surface area contributed by atoms with E-state index in [0.717, 1.165) is 5.69 Å². The molecule has 0 aliphatic carbocycles. The van der Waals surface area contributed by atoms with Crippen molar-refractivity contribution in [1.29, 1.82) is 0 Å². The molecule has 1 heterocycles. The SMILES string of the molecule is Cc1ccc(-c2ccccn2)cc1C. The standard InChI is InChI=1S/C13H13N/c1-10-6-7-12(9-11(10)2)13-5-3-4-8-14-13/h3-9H,1-2H3. The summed E-state index contributed by atoms with van der Waals surface area (Å²) in [6, 6.07) is 12.4. The summed E-state index contributed by atoms with van der Waals surface area (Å²) in [6.45, 7) is 4.25. The monoisotopic (exact) mass is 183 g/mol. The first-order chi connectivity index (χ1) is 6.77. The lowest BCUT2D eigenvalue weighted by molar-refractivity contribution is 1.29. The first kappa shape index (κ1) is 8.95. The van der Waals surface area contributed by atoms with Gasteiger partial charge in [-0.15, -0.1) is 0 Å². The Kier molecular flexibility index (Phi) is 2.32. The van der Waals surface area contributed by atoms with Crippen LogP contribution in [0, 0.1) is 13.8 Å². The van der Waals surface area contributed by atoms with Crippen molar-refractivity contribution >= 4 is 0 Å². The molecular weight excluding hydrogens is 170 g/mol. The Morgan fingerprint density at radius 1 is 0.929 bits per heavy atom. The van der Waals surface area contributed by atoms with Crippen molar-refractivity contribution in [3.05, 3.63) is 53.7 Å². The number of benzene rings is 1. The average molecular weight is 183 g/mol. The fraction of sp³-hybridized carbons (Fsp3) is 0.154. The molecule has 1 heteroatoms. The van der Waals surface area contributed by atoms with E-state index in [1.165, 1.54) is 16.7 Å². The summed E-state index contributed by atoms with van der Waals surface area (Å²) < 4.78 is 0. The molecule has 0 aliphatic rings. The second kappa shape index (κ2) is 3.62. The maximum Gasteiger partial charge on any atom is 0.0702 e. The third-order valence-electron chi connectivity index (χ3n) is 2.47. The minimum absolute atomic E-state index is 1.04. The van der Waals surface area contributed by atoms with Crippen LogP contribution in [0.15, 0.2) is 42.6 Å². The summed E-state index contributed by atoms with van der Waals surface area (Å²) >= 11 is 0. The zero-order valence-corrected chi connectivity index (χ0v) is 8.49. The summed E-state index contributed by atoms with van der Waals surface area (Å²) in [5.74, 6) is 0. The topological polar surface area (TPSA) is 12.9 Å². The molecule has 2 rings (SSSR count). The van der Waals surface area contributed by atoms with Crippen LogP contribution in [0.2, 0.25) is 0 Å². The Morgan fingerprint density at radius 2 is 1.79 bits per heavy atom. The molecule has 2 aromatic rings. The molecule has 1 aromatic carbocycles. The quantitative estimate of drug-likeness (QED) is 0.660. The van der Waals surface area contributed by atoms with Gasteiger partial charge in [0.15, 0.2) is 0 Å². The Labute approximate surface area is 84.4 Å². The number of hydrogen-bond donors (Lipinski definition) is 0. The maximum atomic E-state index is 4.32. The normalized spacial score (nSPS) is 10.1. The molecule has 1 aromatic heterocycles. The van der Waals surface area contributed by atoms with Crippen molar-refractivity contribution < 1.29 is 0 Å². The number of nitrogens with zero attached hydrogens (tertiary/aromatic N) is 1. The lowest BCUT2D eigenvalue weighted by Crippen LogP contribution is -1.85. The van der Waals surface area contributed by atoms with E-state index in [1.54, 1.807) is 0 Å². The molecule has 0 bridgehead atoms. The lowest BCUT2D eigenvalue weighted by atomic mass is 10.0. The van der Waals surface area contributed by atoms with Crippen LogP contribution >= 0.6 is 0 Å². The zero-order chi connectivity index (χ0) is 9.97. The highest BCUT2D eigenvalue weighted by Crippen LogP contribution is 2.19. The van der Waals surface area contributed by atoms with Gasteiger partial charge in [-0.25, -0.2) is 0 Å². The number of hydrogen-bond acceptors (Lipinski definition) is 1. The van der Waals surface area contributed by atoms with Gasteiger partial charge in [-0.3, -0.25) is 4.98 Å². The summed E-state index contributed by atoms with van der Waals surface area (Å²) in [7, 11) is 0. The van der Waals surface area contributed by atoms with E-state index >= 15 is 0 Å². The van der Waals surface area contributed by atoms with Crippen LogP contribution in [0.4, 0.5) is 0 Å². The van der Waals surface area contributed by atoms with Gasteiger partial charge >= 0.3 is 0 Å². The van der Waals surface area contributed by atoms with Gasteiger partial charge in [0.1, 0.15) is 0 Å². The Balaban J connectivity index is 2.48. The zero-order valence-electron chi connectivity index (χ0n) is 8.49. The molecule has 0 aliphatic heterocycles. The van der Waals surface area contributed by atoms with Crippen LogP contribution in [0.1, 0.15) is 11.1 Å². The van der Waals surface area contributed by atoms with Crippen molar-refractivity contribution in [2.24, 2.45) is 0 Å². The Hall–Kier alpha value is -1.63. The molecule has 0 amide bonds. The molecule has 0 spiro atoms. The summed E-state index contributed by atoms with van der Waals surface area (Å²) in [4.78, 5) is 4.32. The van der Waals surface area contributed by atoms with E-state index in [2.05, 4.69) is 37.0 Å². The minimum atomic E-state index is 1.04. The number of pyridine rings is 1. The van der Waals surface area contributed by atoms with Crippen molar-refractivity contribution in [2.45, 2.75) is 13.8 Å². The van der Waals surface area contributed by atoms with Gasteiger partial charge in [0.2, 0.25) is 0 Å². The molecule has 70 valence electrons. The third-order valence-corrected chi connectivity index (χ3v) is 2.47. The predicted molar refractivity (Wildman–Crippen MR) is 59.1 cm³/mol. The summed E-state index contributed by atoms with van der Waals surface area (Å²) in [5.41, 5.74) is 4.86. The highest BCUT2D eigenvalue weighted by molar-refractivity contribution is 5.60. The second-order valence-corrected chi connectivity index (χ2v) is 3.51. The molecular formula is C13H13N. The predicted octanol–water partition coefficient (Wildman–Crippen LogP) is 3.37. The van der Waals surface area contributed by atoms with Crippen molar-refractivity contribution in [1.82, 2.24) is 4.98 Å². The highest BCUT2D eigenvalue weighted by Gasteiger charge is 1.99. The van der Waals surface area contributed by atoms with Gasteiger partial charge in [-0.05, 0) is 43.2 Å². The van der Waals surface area contributed by atoms with E-state index in [-0.39, 0.29) is 0 Å². The van der Waals surface area contributed by atoms with E-state index in [9.17, 15) is 0 Å². The van der Waals surface area contributed by atoms with Crippen LogP contribution in [-0.4, -0.2) is 4.98 Å². The van der Waals surface area contributed by atoms with Gasteiger partial charge in [-0.1, -0.05) is 18.2 Å². The van der Waals surface area contributed by atoms with Crippen molar-refractivity contribution in [2.75, 3.05) is 0 Å². The fourth-order valence-corrected chi connectivity index (χ4v) is 1.43. The minimum Gasteiger partial charge on any atom is -0.256 e. The van der Waals surface area contributed by atoms with Gasteiger partial charge in [0.25, 0.3) is 0 Å². The molecule has 1 nitrogen and oxygen atoms in total. The Morgan fingerprint density at radius 3 is 2.43 bits per heavy atom. The summed E-state index contributed by atoms with van der Waals surface area (Å²) in [5, 5.41) is 0. The van der Waals surface area contributed by atoms with Gasteiger partial charge in [0, 0.05) is 11.8 Å². The largest absolute Gasteiger partial charge is 0.256 e. The molecule has 0 fully saturated rings. The molecule has 0 unspecified atom stereocenters. The van der Waals surface area contributed by atoms with Crippen LogP contribution in [0.25, 0.3) is 11.3 Å². The fourth-order valence-electron chi connectivity index (χ4n) is 1.43. The summed E-state index contributed by atoms with van der Waals surface area (Å²) in [6.07, 6.45) is 1.82. The molecule has 0 radical (unpaired) electrons.